The molecule has 0 spiro atoms. The fourth-order valence-corrected chi connectivity index (χ4v) is 4.71. The van der Waals surface area contributed by atoms with Crippen LogP contribution in [0, 0.1) is 0 Å². The fraction of sp³-hybridized carbons (Fsp3) is 0.345. The molecule has 8 nitrogen and oxygen atoms in total. The van der Waals surface area contributed by atoms with Crippen LogP contribution in [0.3, 0.4) is 0 Å². The number of fused-ring (bicyclic) bond motifs is 3. The van der Waals surface area contributed by atoms with Gasteiger partial charge in [-0.25, -0.2) is 0 Å². The number of nitrogens with two attached hydrogens (primary N) is 1. The lowest BCUT2D eigenvalue weighted by Crippen LogP contribution is -2.34. The van der Waals surface area contributed by atoms with E-state index in [9.17, 15) is 14.4 Å². The van der Waals surface area contributed by atoms with Crippen molar-refractivity contribution in [2.75, 3.05) is 11.9 Å². The second kappa shape index (κ2) is 11.9. The van der Waals surface area contributed by atoms with E-state index >= 15 is 0 Å². The first-order valence-corrected chi connectivity index (χ1v) is 13.0. The minimum atomic E-state index is -0.843. The van der Waals surface area contributed by atoms with E-state index in [0.717, 1.165) is 22.3 Å². The Bertz CT molecular complexity index is 1380. The van der Waals surface area contributed by atoms with E-state index in [2.05, 4.69) is 5.32 Å². The van der Waals surface area contributed by atoms with Gasteiger partial charge in [-0.1, -0.05) is 17.7 Å². The van der Waals surface area contributed by atoms with Gasteiger partial charge in [0.25, 0.3) is 5.56 Å². The lowest BCUT2D eigenvalue weighted by molar-refractivity contribution is -0.120. The largest absolute Gasteiger partial charge is 0.379 e. The van der Waals surface area contributed by atoms with Crippen LogP contribution in [0.25, 0.3) is 11.1 Å². The van der Waals surface area contributed by atoms with E-state index in [-0.39, 0.29) is 43.3 Å². The Labute approximate surface area is 226 Å². The molecule has 2 aromatic carbocycles. The minimum Gasteiger partial charge on any atom is -0.379 e. The number of pyridine rings is 1. The number of hydrogen-bond donors (Lipinski definition) is 2. The molecular formula is C29H32ClN3O5. The SMILES string of the molecule is CC(C)OCC[C@@H](C(=O)Nc1ccc(C(N)=O)cc1)n1cc2c(cc1=O)-c1cc(Cl)ccc1C[C@@H](C)OC2. The molecule has 9 heteroatoms. The molecule has 2 atom stereocenters. The zero-order chi connectivity index (χ0) is 27.4. The van der Waals surface area contributed by atoms with Crippen molar-refractivity contribution in [1.82, 2.24) is 4.57 Å². The minimum absolute atomic E-state index is 0.0243. The number of anilines is 1. The maximum Gasteiger partial charge on any atom is 0.251 e. The Balaban J connectivity index is 1.72. The Kier molecular flexibility index (Phi) is 8.66. The Morgan fingerprint density at radius 2 is 1.84 bits per heavy atom. The third-order valence-corrected chi connectivity index (χ3v) is 6.71. The Morgan fingerprint density at radius 1 is 1.13 bits per heavy atom. The summed E-state index contributed by atoms with van der Waals surface area (Å²) in [5.41, 5.74) is 9.27. The summed E-state index contributed by atoms with van der Waals surface area (Å²) in [6, 6.07) is 12.6. The van der Waals surface area contributed by atoms with Gasteiger partial charge in [-0.3, -0.25) is 14.4 Å². The van der Waals surface area contributed by atoms with Gasteiger partial charge in [0, 0.05) is 47.1 Å². The van der Waals surface area contributed by atoms with Gasteiger partial charge in [0.2, 0.25) is 11.8 Å². The predicted molar refractivity (Wildman–Crippen MR) is 147 cm³/mol. The molecule has 0 saturated heterocycles. The maximum absolute atomic E-state index is 13.5. The quantitative estimate of drug-likeness (QED) is 0.431. The number of carbonyl (C=O) groups excluding carboxylic acids is 2. The molecule has 0 saturated carbocycles. The van der Waals surface area contributed by atoms with E-state index < -0.39 is 11.9 Å². The molecule has 200 valence electrons. The van der Waals surface area contributed by atoms with Crippen molar-refractivity contribution >= 4 is 29.1 Å². The number of benzene rings is 2. The Hall–Kier alpha value is -3.46. The normalized spacial score (nSPS) is 15.7. The second-order valence-electron chi connectivity index (χ2n) is 9.74. The van der Waals surface area contributed by atoms with Crippen LogP contribution in [-0.4, -0.2) is 35.2 Å². The van der Waals surface area contributed by atoms with Crippen LogP contribution < -0.4 is 16.6 Å². The van der Waals surface area contributed by atoms with Gasteiger partial charge in [-0.05, 0) is 80.3 Å². The van der Waals surface area contributed by atoms with Crippen molar-refractivity contribution in [3.8, 4) is 11.1 Å². The van der Waals surface area contributed by atoms with Crippen LogP contribution in [-0.2, 0) is 27.3 Å². The van der Waals surface area contributed by atoms with Gasteiger partial charge >= 0.3 is 0 Å². The molecule has 0 unspecified atom stereocenters. The summed E-state index contributed by atoms with van der Waals surface area (Å²) in [6.07, 6.45) is 2.62. The third kappa shape index (κ3) is 6.51. The van der Waals surface area contributed by atoms with Crippen molar-refractivity contribution in [2.24, 2.45) is 5.73 Å². The number of hydrogen-bond acceptors (Lipinski definition) is 5. The summed E-state index contributed by atoms with van der Waals surface area (Å²) >= 11 is 6.32. The lowest BCUT2D eigenvalue weighted by Gasteiger charge is -2.25. The standard InChI is InChI=1S/C29H32ClN3O5/c1-17(2)37-11-10-26(29(36)32-23-8-5-19(6-9-23)28(31)35)33-15-21-16-38-18(3)12-20-4-7-22(30)13-24(20)25(21)14-27(33)34/h4-9,13-15,17-18,26H,10-12,16H2,1-3H3,(H2,31,35)(H,32,36)/t18-,26+/m1/s1. The van der Waals surface area contributed by atoms with Crippen LogP contribution >= 0.6 is 11.6 Å². The van der Waals surface area contributed by atoms with Crippen LogP contribution in [0.2, 0.25) is 5.02 Å². The van der Waals surface area contributed by atoms with E-state index in [1.807, 2.05) is 39.0 Å². The number of nitrogens with zero attached hydrogens (tertiary/aromatic N) is 1. The van der Waals surface area contributed by atoms with Crippen molar-refractivity contribution in [3.63, 3.8) is 0 Å². The van der Waals surface area contributed by atoms with Gasteiger partial charge in [0.05, 0.1) is 18.8 Å². The molecule has 1 aromatic heterocycles. The molecule has 0 bridgehead atoms. The van der Waals surface area contributed by atoms with Crippen LogP contribution in [0.4, 0.5) is 5.69 Å². The highest BCUT2D eigenvalue weighted by molar-refractivity contribution is 6.30. The molecule has 1 aliphatic rings. The molecule has 3 aromatic rings. The smallest absolute Gasteiger partial charge is 0.251 e. The Morgan fingerprint density at radius 3 is 2.53 bits per heavy atom. The fourth-order valence-electron chi connectivity index (χ4n) is 4.53. The van der Waals surface area contributed by atoms with E-state index in [0.29, 0.717) is 22.7 Å². The summed E-state index contributed by atoms with van der Waals surface area (Å²) in [4.78, 5) is 38.3. The first-order chi connectivity index (χ1) is 18.1. The van der Waals surface area contributed by atoms with Gasteiger partial charge in [0.15, 0.2) is 0 Å². The summed E-state index contributed by atoms with van der Waals surface area (Å²) in [6.45, 7) is 6.39. The van der Waals surface area contributed by atoms with E-state index in [4.69, 9.17) is 26.8 Å². The number of carbonyl (C=O) groups is 2. The predicted octanol–water partition coefficient (Wildman–Crippen LogP) is 4.72. The number of rotatable bonds is 8. The number of nitrogens with one attached hydrogen (secondary N) is 1. The van der Waals surface area contributed by atoms with E-state index in [1.54, 1.807) is 24.4 Å². The average Bonchev–Trinajstić information content (AvgIpc) is 2.86. The van der Waals surface area contributed by atoms with Crippen LogP contribution in [0.5, 0.6) is 0 Å². The number of halogens is 1. The molecular weight excluding hydrogens is 506 g/mol. The number of primary amides is 1. The molecule has 2 heterocycles. The van der Waals surface area contributed by atoms with Crippen LogP contribution in [0.15, 0.2) is 59.5 Å². The summed E-state index contributed by atoms with van der Waals surface area (Å²) in [7, 11) is 0. The van der Waals surface area contributed by atoms with E-state index in [1.165, 1.54) is 16.7 Å². The monoisotopic (exact) mass is 537 g/mol. The summed E-state index contributed by atoms with van der Waals surface area (Å²) in [5.74, 6) is -0.937. The summed E-state index contributed by atoms with van der Waals surface area (Å²) < 4.78 is 13.2. The van der Waals surface area contributed by atoms with Crippen molar-refractivity contribution in [2.45, 2.75) is 58.5 Å². The third-order valence-electron chi connectivity index (χ3n) is 6.47. The first-order valence-electron chi connectivity index (χ1n) is 12.6. The molecule has 0 radical (unpaired) electrons. The van der Waals surface area contributed by atoms with Gasteiger partial charge < -0.3 is 25.1 Å². The molecule has 1 aliphatic heterocycles. The highest BCUT2D eigenvalue weighted by Gasteiger charge is 2.25. The molecule has 4 rings (SSSR count). The molecule has 3 N–H and O–H groups in total. The van der Waals surface area contributed by atoms with Gasteiger partial charge in [-0.15, -0.1) is 0 Å². The zero-order valence-electron chi connectivity index (χ0n) is 21.7. The van der Waals surface area contributed by atoms with Crippen molar-refractivity contribution < 1.29 is 19.1 Å². The van der Waals surface area contributed by atoms with Crippen LogP contribution in [0.1, 0.15) is 54.7 Å². The number of ether oxygens (including phenoxy) is 2. The maximum atomic E-state index is 13.5. The number of amides is 2. The molecule has 0 aliphatic carbocycles. The zero-order valence-corrected chi connectivity index (χ0v) is 22.5. The molecule has 2 amide bonds. The summed E-state index contributed by atoms with van der Waals surface area (Å²) in [5, 5.41) is 3.43. The second-order valence-corrected chi connectivity index (χ2v) is 10.2. The average molecular weight is 538 g/mol. The van der Waals surface area contributed by atoms with Crippen molar-refractivity contribution in [1.29, 1.82) is 0 Å². The highest BCUT2D eigenvalue weighted by Crippen LogP contribution is 2.33. The van der Waals surface area contributed by atoms with Crippen molar-refractivity contribution in [3.05, 3.63) is 86.8 Å². The first kappa shape index (κ1) is 27.6. The molecule has 38 heavy (non-hydrogen) atoms. The van der Waals surface area contributed by atoms with Gasteiger partial charge in [0.1, 0.15) is 6.04 Å². The highest BCUT2D eigenvalue weighted by atomic mass is 35.5. The lowest BCUT2D eigenvalue weighted by atomic mass is 9.92. The number of aromatic nitrogens is 1. The topological polar surface area (TPSA) is 113 Å². The molecule has 0 fully saturated rings. The van der Waals surface area contributed by atoms with Gasteiger partial charge in [-0.2, -0.15) is 0 Å².